The Kier molecular flexibility index (Phi) is 9.60. The van der Waals surface area contributed by atoms with Crippen molar-refractivity contribution in [3.63, 3.8) is 0 Å². The van der Waals surface area contributed by atoms with E-state index in [1.807, 2.05) is 24.6 Å². The summed E-state index contributed by atoms with van der Waals surface area (Å²) in [6, 6.07) is 2.46. The first-order valence-electron chi connectivity index (χ1n) is 10.7. The largest absolute Gasteiger partial charge is 0.392 e. The highest BCUT2D eigenvalue weighted by Crippen LogP contribution is 2.34. The average molecular weight is 449 g/mol. The second kappa shape index (κ2) is 11.7. The fourth-order valence-electron chi connectivity index (χ4n) is 3.64. The maximum absolute atomic E-state index is 12.8. The van der Waals surface area contributed by atoms with Gasteiger partial charge < -0.3 is 10.2 Å². The summed E-state index contributed by atoms with van der Waals surface area (Å²) in [5.74, 6) is 3.66. The second-order valence-corrected chi connectivity index (χ2v) is 10.4. The topological polar surface area (TPSA) is 47.6 Å². The molecular weight excluding hydrogens is 412 g/mol. The molecule has 2 rings (SSSR count). The van der Waals surface area contributed by atoms with Crippen LogP contribution < -0.4 is 10.0 Å². The van der Waals surface area contributed by atoms with E-state index < -0.39 is 0 Å². The molecule has 5 nitrogen and oxygen atoms in total. The molecule has 0 aliphatic carbocycles. The molecule has 2 N–H and O–H groups in total. The summed E-state index contributed by atoms with van der Waals surface area (Å²) in [5, 5.41) is 3.03. The highest BCUT2D eigenvalue weighted by Gasteiger charge is 2.26. The first kappa shape index (κ1) is 24.6. The molecule has 0 bridgehead atoms. The molecule has 1 aliphatic rings. The van der Waals surface area contributed by atoms with Crippen LogP contribution in [0.2, 0.25) is 0 Å². The van der Waals surface area contributed by atoms with E-state index in [-0.39, 0.29) is 11.9 Å². The number of thiophene rings is 1. The van der Waals surface area contributed by atoms with Crippen molar-refractivity contribution in [2.45, 2.75) is 64.8 Å². The normalized spacial score (nSPS) is 17.8. The molecule has 0 aromatic carbocycles. The molecule has 1 aliphatic heterocycles. The van der Waals surface area contributed by atoms with Gasteiger partial charge in [0.2, 0.25) is 5.91 Å². The zero-order chi connectivity index (χ0) is 22.3. The van der Waals surface area contributed by atoms with Gasteiger partial charge in [-0.2, -0.15) is 0 Å². The molecule has 1 aromatic heterocycles. The number of piperidine rings is 1. The van der Waals surface area contributed by atoms with Gasteiger partial charge in [-0.3, -0.25) is 13.8 Å². The lowest BCUT2D eigenvalue weighted by Gasteiger charge is -2.37. The number of terminal acetylenes is 1. The van der Waals surface area contributed by atoms with Gasteiger partial charge in [0.1, 0.15) is 5.70 Å². The molecule has 30 heavy (non-hydrogen) atoms. The number of likely N-dealkylation sites (N-methyl/N-ethyl adjacent to an activating group) is 1. The Balaban J connectivity index is 2.10. The van der Waals surface area contributed by atoms with E-state index >= 15 is 0 Å². The number of nitrogens with zero attached hydrogens (tertiary/aromatic N) is 2. The fourth-order valence-corrected chi connectivity index (χ4v) is 5.63. The Labute approximate surface area is 190 Å². The van der Waals surface area contributed by atoms with Crippen LogP contribution >= 0.6 is 23.5 Å². The van der Waals surface area contributed by atoms with Gasteiger partial charge in [0.15, 0.2) is 0 Å². The lowest BCUT2D eigenvalue weighted by atomic mass is 10.0. The fraction of sp³-hybridized carbons (Fsp3) is 0.609. The SMILES string of the molecule is C#C/C(=C\NC)N(SNC(=O)Cc1cc(C(C)C)sc1C(C)C)C1CCCN(C)C1. The number of hydrogen-bond acceptors (Lipinski definition) is 6. The van der Waals surface area contributed by atoms with Crippen molar-refractivity contribution in [2.75, 3.05) is 27.2 Å². The number of carbonyl (C=O) groups excluding carboxylic acids is 1. The highest BCUT2D eigenvalue weighted by atomic mass is 32.2. The third kappa shape index (κ3) is 6.69. The molecule has 0 saturated carbocycles. The Bertz CT molecular complexity index is 779. The lowest BCUT2D eigenvalue weighted by molar-refractivity contribution is -0.118. The van der Waals surface area contributed by atoms with Crippen LogP contribution in [0, 0.1) is 12.3 Å². The van der Waals surface area contributed by atoms with Gasteiger partial charge in [0, 0.05) is 29.5 Å². The number of amides is 1. The summed E-state index contributed by atoms with van der Waals surface area (Å²) < 4.78 is 5.12. The maximum Gasteiger partial charge on any atom is 0.235 e. The zero-order valence-electron chi connectivity index (χ0n) is 19.1. The van der Waals surface area contributed by atoms with Crippen molar-refractivity contribution in [3.8, 4) is 12.3 Å². The molecule has 166 valence electrons. The monoisotopic (exact) mass is 448 g/mol. The summed E-state index contributed by atoms with van der Waals surface area (Å²) in [5.41, 5.74) is 1.88. The standard InChI is InChI=1S/C23H36N4OS2/c1-8-19(14-24-6)27(20-10-9-11-26(7)15-20)30-25-22(28)13-18-12-21(16(2)3)29-23(18)17(4)5/h1,12,14,16-17,20,24H,9-11,13,15H2,2-7H3,(H,25,28)/b19-14+. The first-order chi connectivity index (χ1) is 14.3. The molecule has 1 saturated heterocycles. The number of allylic oxidation sites excluding steroid dienone is 1. The van der Waals surface area contributed by atoms with Crippen LogP contribution in [0.5, 0.6) is 0 Å². The van der Waals surface area contributed by atoms with Crippen LogP contribution in [0.25, 0.3) is 0 Å². The minimum Gasteiger partial charge on any atom is -0.392 e. The third-order valence-electron chi connectivity index (χ3n) is 5.16. The third-order valence-corrected chi connectivity index (χ3v) is 7.95. The highest BCUT2D eigenvalue weighted by molar-refractivity contribution is 7.95. The molecule has 1 fully saturated rings. The van der Waals surface area contributed by atoms with Crippen LogP contribution in [0.15, 0.2) is 18.0 Å². The van der Waals surface area contributed by atoms with Crippen molar-refractivity contribution in [3.05, 3.63) is 33.3 Å². The Morgan fingerprint density at radius 1 is 1.43 bits per heavy atom. The van der Waals surface area contributed by atoms with E-state index in [1.54, 1.807) is 0 Å². The minimum atomic E-state index is 0.00463. The molecule has 1 unspecified atom stereocenters. The van der Waals surface area contributed by atoms with Gasteiger partial charge in [0.25, 0.3) is 0 Å². The van der Waals surface area contributed by atoms with Crippen molar-refractivity contribution in [2.24, 2.45) is 0 Å². The van der Waals surface area contributed by atoms with Gasteiger partial charge in [-0.15, -0.1) is 17.8 Å². The first-order valence-corrected chi connectivity index (χ1v) is 12.3. The minimum absolute atomic E-state index is 0.00463. The molecule has 1 amide bonds. The number of likely N-dealkylation sites (tertiary alicyclic amines) is 1. The van der Waals surface area contributed by atoms with Gasteiger partial charge >= 0.3 is 0 Å². The molecule has 1 aromatic rings. The summed E-state index contributed by atoms with van der Waals surface area (Å²) in [6.45, 7) is 10.8. The van der Waals surface area contributed by atoms with E-state index in [9.17, 15) is 4.79 Å². The average Bonchev–Trinajstić information content (AvgIpc) is 3.11. The van der Waals surface area contributed by atoms with Gasteiger partial charge in [-0.25, -0.2) is 0 Å². The quantitative estimate of drug-likeness (QED) is 0.435. The predicted molar refractivity (Wildman–Crippen MR) is 130 cm³/mol. The van der Waals surface area contributed by atoms with E-state index in [0.29, 0.717) is 18.3 Å². The Hall–Kier alpha value is -1.62. The molecular formula is C23H36N4OS2. The van der Waals surface area contributed by atoms with Gasteiger partial charge in [-0.05, 0) is 49.9 Å². The van der Waals surface area contributed by atoms with Crippen molar-refractivity contribution in [1.29, 1.82) is 0 Å². The van der Waals surface area contributed by atoms with Crippen LogP contribution in [0.4, 0.5) is 0 Å². The zero-order valence-corrected chi connectivity index (χ0v) is 20.8. The van der Waals surface area contributed by atoms with Crippen molar-refractivity contribution in [1.82, 2.24) is 19.2 Å². The predicted octanol–water partition coefficient (Wildman–Crippen LogP) is 4.31. The van der Waals surface area contributed by atoms with Crippen LogP contribution in [0.1, 0.15) is 67.7 Å². The molecule has 0 spiro atoms. The van der Waals surface area contributed by atoms with Crippen molar-refractivity contribution >= 4 is 29.4 Å². The Morgan fingerprint density at radius 3 is 2.73 bits per heavy atom. The van der Waals surface area contributed by atoms with Gasteiger partial charge in [-0.1, -0.05) is 33.6 Å². The molecule has 0 radical (unpaired) electrons. The van der Waals surface area contributed by atoms with E-state index in [0.717, 1.165) is 37.2 Å². The van der Waals surface area contributed by atoms with Crippen LogP contribution in [-0.2, 0) is 11.2 Å². The molecule has 1 atom stereocenters. The van der Waals surface area contributed by atoms with E-state index in [4.69, 9.17) is 6.42 Å². The van der Waals surface area contributed by atoms with E-state index in [1.165, 1.54) is 21.9 Å². The molecule has 7 heteroatoms. The summed E-state index contributed by atoms with van der Waals surface area (Å²) in [7, 11) is 3.96. The smallest absolute Gasteiger partial charge is 0.235 e. The lowest BCUT2D eigenvalue weighted by Crippen LogP contribution is -2.44. The van der Waals surface area contributed by atoms with Crippen molar-refractivity contribution < 1.29 is 4.79 Å². The van der Waals surface area contributed by atoms with Crippen LogP contribution in [-0.4, -0.2) is 48.3 Å². The van der Waals surface area contributed by atoms with Crippen LogP contribution in [0.3, 0.4) is 0 Å². The number of rotatable bonds is 9. The second-order valence-electron chi connectivity index (χ2n) is 8.49. The molecule has 2 heterocycles. The van der Waals surface area contributed by atoms with E-state index in [2.05, 4.69) is 66.0 Å². The number of carbonyl (C=O) groups is 1. The number of nitrogens with one attached hydrogen (secondary N) is 2. The summed E-state index contributed by atoms with van der Waals surface area (Å²) >= 11 is 3.15. The Morgan fingerprint density at radius 2 is 2.17 bits per heavy atom. The maximum atomic E-state index is 12.8. The van der Waals surface area contributed by atoms with Gasteiger partial charge in [0.05, 0.1) is 24.6 Å². The summed E-state index contributed by atoms with van der Waals surface area (Å²) in [6.07, 6.45) is 10.2. The summed E-state index contributed by atoms with van der Waals surface area (Å²) in [4.78, 5) is 17.8. The number of hydrogen-bond donors (Lipinski definition) is 2.